The zero-order valence-corrected chi connectivity index (χ0v) is 13.4. The molecule has 2 unspecified atom stereocenters. The summed E-state index contributed by atoms with van der Waals surface area (Å²) in [7, 11) is 0. The second-order valence-corrected chi connectivity index (χ2v) is 6.43. The minimum Gasteiger partial charge on any atom is -0.490 e. The molecule has 0 spiro atoms. The van der Waals surface area contributed by atoms with Gasteiger partial charge in [0.25, 0.3) is 0 Å². The second-order valence-electron chi connectivity index (χ2n) is 6.43. The Morgan fingerprint density at radius 3 is 2.76 bits per heavy atom. The number of nitrogens with one attached hydrogen (secondary N) is 1. The Labute approximate surface area is 127 Å². The molecule has 1 saturated carbocycles. The van der Waals surface area contributed by atoms with Crippen LogP contribution in [0.1, 0.15) is 44.2 Å². The molecule has 0 aliphatic heterocycles. The molecule has 1 aromatic rings. The third-order valence-electron chi connectivity index (χ3n) is 4.35. The molecular formula is C17H26N2O2. The summed E-state index contributed by atoms with van der Waals surface area (Å²) in [6.07, 6.45) is 2.24. The molecule has 3 N–H and O–H groups in total. The van der Waals surface area contributed by atoms with Crippen molar-refractivity contribution < 1.29 is 9.53 Å². The minimum atomic E-state index is -0.628. The van der Waals surface area contributed by atoms with E-state index in [4.69, 9.17) is 10.5 Å². The summed E-state index contributed by atoms with van der Waals surface area (Å²) in [6.45, 7) is 8.20. The van der Waals surface area contributed by atoms with Crippen LogP contribution in [0.15, 0.2) is 18.2 Å². The smallest absolute Gasteiger partial charge is 0.237 e. The first-order chi connectivity index (χ1) is 9.84. The summed E-state index contributed by atoms with van der Waals surface area (Å²) >= 11 is 0. The maximum atomic E-state index is 11.9. The van der Waals surface area contributed by atoms with Gasteiger partial charge in [0.15, 0.2) is 0 Å². The molecule has 116 valence electrons. The Bertz CT molecular complexity index is 528. The number of carbonyl (C=O) groups excluding carboxylic acids is 1. The highest BCUT2D eigenvalue weighted by molar-refractivity contribution is 5.85. The molecule has 2 rings (SSSR count). The van der Waals surface area contributed by atoms with Crippen molar-refractivity contribution in [2.75, 3.05) is 0 Å². The largest absolute Gasteiger partial charge is 0.490 e. The molecule has 1 aliphatic carbocycles. The predicted octanol–water partition coefficient (Wildman–Crippen LogP) is 2.46. The van der Waals surface area contributed by atoms with Crippen LogP contribution < -0.4 is 15.8 Å². The second kappa shape index (κ2) is 6.06. The molecular weight excluding hydrogens is 264 g/mol. The van der Waals surface area contributed by atoms with Gasteiger partial charge in [-0.05, 0) is 57.7 Å². The number of carbonyl (C=O) groups is 1. The van der Waals surface area contributed by atoms with Gasteiger partial charge < -0.3 is 15.8 Å². The van der Waals surface area contributed by atoms with E-state index in [2.05, 4.69) is 25.2 Å². The van der Waals surface area contributed by atoms with Crippen LogP contribution in [0.5, 0.6) is 5.75 Å². The lowest BCUT2D eigenvalue weighted by atomic mass is 9.95. The maximum absolute atomic E-state index is 11.9. The number of benzene rings is 1. The van der Waals surface area contributed by atoms with Crippen molar-refractivity contribution in [3.05, 3.63) is 29.3 Å². The summed E-state index contributed by atoms with van der Waals surface area (Å²) in [5.74, 6) is 0.632. The van der Waals surface area contributed by atoms with E-state index in [0.717, 1.165) is 24.2 Å². The fourth-order valence-corrected chi connectivity index (χ4v) is 3.11. The summed E-state index contributed by atoms with van der Waals surface area (Å²) in [6, 6.07) is 6.28. The lowest BCUT2D eigenvalue weighted by Crippen LogP contribution is -2.56. The van der Waals surface area contributed by atoms with Gasteiger partial charge in [0.1, 0.15) is 17.4 Å². The lowest BCUT2D eigenvalue weighted by molar-refractivity contribution is -0.124. The number of amides is 1. The number of ether oxygens (including phenoxy) is 1. The van der Waals surface area contributed by atoms with Gasteiger partial charge >= 0.3 is 0 Å². The topological polar surface area (TPSA) is 64.3 Å². The third kappa shape index (κ3) is 3.38. The van der Waals surface area contributed by atoms with Crippen LogP contribution >= 0.6 is 0 Å². The van der Waals surface area contributed by atoms with Crippen molar-refractivity contribution in [3.63, 3.8) is 0 Å². The number of hydrogen-bond donors (Lipinski definition) is 2. The van der Waals surface area contributed by atoms with Gasteiger partial charge in [0.05, 0.1) is 0 Å². The molecule has 4 heteroatoms. The Balaban J connectivity index is 2.11. The quantitative estimate of drug-likeness (QED) is 0.875. The van der Waals surface area contributed by atoms with Gasteiger partial charge in [-0.1, -0.05) is 12.1 Å². The van der Waals surface area contributed by atoms with Crippen molar-refractivity contribution in [3.8, 4) is 5.75 Å². The van der Waals surface area contributed by atoms with Crippen molar-refractivity contribution >= 4 is 5.91 Å². The van der Waals surface area contributed by atoms with Crippen LogP contribution in [0.4, 0.5) is 0 Å². The number of aryl methyl sites for hydroxylation is 1. The van der Waals surface area contributed by atoms with E-state index >= 15 is 0 Å². The van der Waals surface area contributed by atoms with Crippen molar-refractivity contribution in [2.45, 2.75) is 64.6 Å². The van der Waals surface area contributed by atoms with Crippen LogP contribution in [0.2, 0.25) is 0 Å². The van der Waals surface area contributed by atoms with E-state index in [-0.39, 0.29) is 18.1 Å². The van der Waals surface area contributed by atoms with E-state index < -0.39 is 5.54 Å². The molecule has 0 saturated heterocycles. The average molecular weight is 290 g/mol. The zero-order chi connectivity index (χ0) is 15.6. The molecule has 4 nitrogen and oxygen atoms in total. The van der Waals surface area contributed by atoms with Gasteiger partial charge in [0.2, 0.25) is 5.91 Å². The maximum Gasteiger partial charge on any atom is 0.237 e. The van der Waals surface area contributed by atoms with E-state index in [1.165, 1.54) is 5.56 Å². The van der Waals surface area contributed by atoms with Gasteiger partial charge in [-0.15, -0.1) is 0 Å². The Morgan fingerprint density at radius 1 is 1.43 bits per heavy atom. The van der Waals surface area contributed by atoms with E-state index in [0.29, 0.717) is 6.42 Å². The van der Waals surface area contributed by atoms with Gasteiger partial charge in [-0.25, -0.2) is 0 Å². The highest BCUT2D eigenvalue weighted by Crippen LogP contribution is 2.34. The van der Waals surface area contributed by atoms with Crippen LogP contribution in [0.3, 0.4) is 0 Å². The van der Waals surface area contributed by atoms with Crippen LogP contribution in [-0.4, -0.2) is 23.6 Å². The van der Waals surface area contributed by atoms with Crippen molar-refractivity contribution in [1.29, 1.82) is 0 Å². The molecule has 1 amide bonds. The molecule has 0 bridgehead atoms. The molecule has 1 fully saturated rings. The first kappa shape index (κ1) is 15.8. The standard InChI is InChI=1S/C17H26N2O2/c1-11(2)19-17(16(18)20)9-8-14(10-17)21-15-7-5-6-12(3)13(15)4/h5-7,11,14,19H,8-10H2,1-4H3,(H2,18,20). The summed E-state index contributed by atoms with van der Waals surface area (Å²) in [5, 5.41) is 3.34. The first-order valence-electron chi connectivity index (χ1n) is 7.64. The number of primary amides is 1. The zero-order valence-electron chi connectivity index (χ0n) is 13.4. The molecule has 0 aromatic heterocycles. The normalized spacial score (nSPS) is 25.3. The Morgan fingerprint density at radius 2 is 2.14 bits per heavy atom. The Kier molecular flexibility index (Phi) is 4.57. The fourth-order valence-electron chi connectivity index (χ4n) is 3.11. The fraction of sp³-hybridized carbons (Fsp3) is 0.588. The average Bonchev–Trinajstić information content (AvgIpc) is 2.79. The molecule has 0 heterocycles. The first-order valence-corrected chi connectivity index (χ1v) is 7.64. The lowest BCUT2D eigenvalue weighted by Gasteiger charge is -2.29. The van der Waals surface area contributed by atoms with Crippen LogP contribution in [0, 0.1) is 13.8 Å². The molecule has 21 heavy (non-hydrogen) atoms. The van der Waals surface area contributed by atoms with E-state index in [9.17, 15) is 4.79 Å². The van der Waals surface area contributed by atoms with Gasteiger partial charge in [0, 0.05) is 12.5 Å². The summed E-state index contributed by atoms with van der Waals surface area (Å²) in [5.41, 5.74) is 7.38. The van der Waals surface area contributed by atoms with Gasteiger partial charge in [-0.2, -0.15) is 0 Å². The SMILES string of the molecule is Cc1cccc(OC2CCC(NC(C)C)(C(N)=O)C2)c1C. The van der Waals surface area contributed by atoms with E-state index in [1.54, 1.807) is 0 Å². The molecule has 0 radical (unpaired) electrons. The highest BCUT2D eigenvalue weighted by Gasteiger charge is 2.45. The number of hydrogen-bond acceptors (Lipinski definition) is 3. The summed E-state index contributed by atoms with van der Waals surface area (Å²) in [4.78, 5) is 11.9. The monoisotopic (exact) mass is 290 g/mol. The predicted molar refractivity (Wildman–Crippen MR) is 84.4 cm³/mol. The van der Waals surface area contributed by atoms with E-state index in [1.807, 2.05) is 26.0 Å². The number of nitrogens with two attached hydrogens (primary N) is 1. The van der Waals surface area contributed by atoms with Crippen LogP contribution in [0.25, 0.3) is 0 Å². The third-order valence-corrected chi connectivity index (χ3v) is 4.35. The van der Waals surface area contributed by atoms with Crippen molar-refractivity contribution in [2.24, 2.45) is 5.73 Å². The van der Waals surface area contributed by atoms with Crippen LogP contribution in [-0.2, 0) is 4.79 Å². The highest BCUT2D eigenvalue weighted by atomic mass is 16.5. The molecule has 1 aliphatic rings. The molecule has 2 atom stereocenters. The minimum absolute atomic E-state index is 0.0317. The summed E-state index contributed by atoms with van der Waals surface area (Å²) < 4.78 is 6.13. The van der Waals surface area contributed by atoms with Crippen molar-refractivity contribution in [1.82, 2.24) is 5.32 Å². The van der Waals surface area contributed by atoms with Gasteiger partial charge in [-0.3, -0.25) is 4.79 Å². The molecule has 1 aromatic carbocycles. The Hall–Kier alpha value is -1.55. The number of rotatable bonds is 5.